The van der Waals surface area contributed by atoms with Gasteiger partial charge in [0.25, 0.3) is 0 Å². The summed E-state index contributed by atoms with van der Waals surface area (Å²) < 4.78 is 32.2. The smallest absolute Gasteiger partial charge is 0.238 e. The van der Waals surface area contributed by atoms with Gasteiger partial charge in [0, 0.05) is 17.3 Å². The summed E-state index contributed by atoms with van der Waals surface area (Å²) in [5, 5.41) is 17.5. The average molecular weight is 501 g/mol. The molecule has 0 amide bonds. The zero-order chi connectivity index (χ0) is 22.0. The molecule has 0 spiro atoms. The maximum absolute atomic E-state index is 12.4. The number of nitrogens with zero attached hydrogens (tertiary/aromatic N) is 5. The van der Waals surface area contributed by atoms with Crippen LogP contribution in [0.2, 0.25) is 0 Å². The van der Waals surface area contributed by atoms with Crippen molar-refractivity contribution >= 4 is 26.0 Å². The van der Waals surface area contributed by atoms with Crippen molar-refractivity contribution in [3.8, 4) is 28.3 Å². The number of methoxy groups -OCH3 is 1. The molecule has 0 aliphatic heterocycles. The maximum Gasteiger partial charge on any atom is 0.238 e. The molecular weight excluding hydrogens is 484 g/mol. The first kappa shape index (κ1) is 21.1. The molecule has 158 valence electrons. The molecule has 2 aromatic carbocycles. The molecule has 0 bridgehead atoms. The van der Waals surface area contributed by atoms with E-state index in [1.54, 1.807) is 31.5 Å². The first-order valence-electron chi connectivity index (χ1n) is 9.04. The predicted molar refractivity (Wildman–Crippen MR) is 118 cm³/mol. The Balaban J connectivity index is 1.87. The van der Waals surface area contributed by atoms with Crippen molar-refractivity contribution in [3.05, 3.63) is 71.0 Å². The Labute approximate surface area is 187 Å². The molecule has 31 heavy (non-hydrogen) atoms. The van der Waals surface area contributed by atoms with Gasteiger partial charge in [-0.15, -0.1) is 5.10 Å². The van der Waals surface area contributed by atoms with Crippen LogP contribution in [0, 0.1) is 0 Å². The Hall–Kier alpha value is -3.15. The van der Waals surface area contributed by atoms with Gasteiger partial charge >= 0.3 is 0 Å². The van der Waals surface area contributed by atoms with Gasteiger partial charge in [0.1, 0.15) is 10.4 Å². The van der Waals surface area contributed by atoms with Crippen LogP contribution in [-0.4, -0.2) is 40.7 Å². The molecule has 0 radical (unpaired) electrons. The average Bonchev–Trinajstić information content (AvgIpc) is 3.21. The van der Waals surface area contributed by atoms with Crippen molar-refractivity contribution in [2.24, 2.45) is 5.14 Å². The van der Waals surface area contributed by atoms with Gasteiger partial charge in [-0.3, -0.25) is 0 Å². The molecule has 0 unspecified atom stereocenters. The van der Waals surface area contributed by atoms with Crippen molar-refractivity contribution in [2.45, 2.75) is 11.4 Å². The van der Waals surface area contributed by atoms with Crippen molar-refractivity contribution in [1.82, 2.24) is 25.2 Å². The van der Waals surface area contributed by atoms with Crippen LogP contribution < -0.4 is 9.88 Å². The summed E-state index contributed by atoms with van der Waals surface area (Å²) in [5.74, 6) is 1.00. The number of nitrogens with two attached hydrogens (primary N) is 1. The Morgan fingerprint density at radius 3 is 2.52 bits per heavy atom. The van der Waals surface area contributed by atoms with Crippen LogP contribution in [0.25, 0.3) is 22.5 Å². The summed E-state index contributed by atoms with van der Waals surface area (Å²) in [6, 6.07) is 15.9. The second-order valence-electron chi connectivity index (χ2n) is 6.60. The fourth-order valence-electron chi connectivity index (χ4n) is 3.17. The molecule has 2 heterocycles. The van der Waals surface area contributed by atoms with E-state index in [2.05, 4.69) is 36.4 Å². The summed E-state index contributed by atoms with van der Waals surface area (Å²) >= 11 is 3.31. The van der Waals surface area contributed by atoms with Crippen LogP contribution in [0.1, 0.15) is 5.56 Å². The Morgan fingerprint density at radius 2 is 1.87 bits per heavy atom. The molecule has 4 aromatic rings. The number of rotatable bonds is 6. The fraction of sp³-hybridized carbons (Fsp3) is 0.100. The first-order valence-corrected chi connectivity index (χ1v) is 11.4. The number of hydrogen-bond acceptors (Lipinski definition) is 7. The van der Waals surface area contributed by atoms with E-state index in [0.29, 0.717) is 27.8 Å². The third kappa shape index (κ3) is 4.48. The normalized spacial score (nSPS) is 11.5. The maximum atomic E-state index is 12.4. The summed E-state index contributed by atoms with van der Waals surface area (Å²) in [7, 11) is -2.46. The van der Waals surface area contributed by atoms with Gasteiger partial charge in [0.2, 0.25) is 10.0 Å². The van der Waals surface area contributed by atoms with E-state index in [-0.39, 0.29) is 10.7 Å². The SMILES string of the molecule is COc1ccc(Cn2nnnc2-c2c(-c3ccc(Br)nc3)cccc2S(N)(=O)=O)cc1. The number of sulfonamides is 1. The van der Waals surface area contributed by atoms with E-state index >= 15 is 0 Å². The van der Waals surface area contributed by atoms with Crippen molar-refractivity contribution in [3.63, 3.8) is 0 Å². The zero-order valence-corrected chi connectivity index (χ0v) is 18.7. The molecule has 11 heteroatoms. The van der Waals surface area contributed by atoms with Gasteiger partial charge in [0.15, 0.2) is 5.82 Å². The van der Waals surface area contributed by atoms with E-state index in [1.807, 2.05) is 30.3 Å². The van der Waals surface area contributed by atoms with Gasteiger partial charge in [-0.1, -0.05) is 30.3 Å². The highest BCUT2D eigenvalue weighted by Gasteiger charge is 2.24. The van der Waals surface area contributed by atoms with Crippen molar-refractivity contribution < 1.29 is 13.2 Å². The lowest BCUT2D eigenvalue weighted by Gasteiger charge is -2.14. The number of ether oxygens (including phenoxy) is 1. The molecule has 9 nitrogen and oxygen atoms in total. The second kappa shape index (κ2) is 8.53. The van der Waals surface area contributed by atoms with Crippen LogP contribution in [0.3, 0.4) is 0 Å². The minimum Gasteiger partial charge on any atom is -0.497 e. The summed E-state index contributed by atoms with van der Waals surface area (Å²) in [6.07, 6.45) is 1.63. The predicted octanol–water partition coefficient (Wildman–Crippen LogP) is 2.87. The summed E-state index contributed by atoms with van der Waals surface area (Å²) in [5.41, 5.74) is 2.52. The van der Waals surface area contributed by atoms with Gasteiger partial charge in [-0.25, -0.2) is 23.2 Å². The second-order valence-corrected chi connectivity index (χ2v) is 8.94. The Bertz CT molecular complexity index is 1320. The van der Waals surface area contributed by atoms with Crippen LogP contribution in [-0.2, 0) is 16.6 Å². The number of benzene rings is 2. The highest BCUT2D eigenvalue weighted by Crippen LogP contribution is 2.35. The van der Waals surface area contributed by atoms with Crippen molar-refractivity contribution in [1.29, 1.82) is 0 Å². The number of halogens is 1. The number of hydrogen-bond donors (Lipinski definition) is 1. The molecule has 0 aliphatic rings. The molecule has 0 atom stereocenters. The molecule has 0 fully saturated rings. The molecule has 4 rings (SSSR count). The van der Waals surface area contributed by atoms with Gasteiger partial charge < -0.3 is 4.74 Å². The molecule has 2 N–H and O–H groups in total. The number of tetrazole rings is 1. The van der Waals surface area contributed by atoms with Crippen LogP contribution in [0.4, 0.5) is 0 Å². The van der Waals surface area contributed by atoms with Gasteiger partial charge in [-0.2, -0.15) is 0 Å². The Morgan fingerprint density at radius 1 is 1.10 bits per heavy atom. The quantitative estimate of drug-likeness (QED) is 0.403. The zero-order valence-electron chi connectivity index (χ0n) is 16.3. The van der Waals surface area contributed by atoms with Crippen LogP contribution >= 0.6 is 15.9 Å². The molecule has 0 saturated carbocycles. The number of pyridine rings is 1. The molecule has 2 aromatic heterocycles. The number of primary sulfonamides is 1. The first-order chi connectivity index (χ1) is 14.9. The lowest BCUT2D eigenvalue weighted by molar-refractivity contribution is 0.414. The largest absolute Gasteiger partial charge is 0.497 e. The minimum atomic E-state index is -4.05. The lowest BCUT2D eigenvalue weighted by Crippen LogP contribution is -2.15. The third-order valence-electron chi connectivity index (χ3n) is 4.62. The van der Waals surface area contributed by atoms with E-state index in [1.165, 1.54) is 10.7 Å². The summed E-state index contributed by atoms with van der Waals surface area (Å²) in [6.45, 7) is 0.323. The molecule has 0 aliphatic carbocycles. The van der Waals surface area contributed by atoms with E-state index in [0.717, 1.165) is 11.3 Å². The highest BCUT2D eigenvalue weighted by molar-refractivity contribution is 9.10. The lowest BCUT2D eigenvalue weighted by atomic mass is 10.0. The highest BCUT2D eigenvalue weighted by atomic mass is 79.9. The monoisotopic (exact) mass is 500 g/mol. The topological polar surface area (TPSA) is 126 Å². The van der Waals surface area contributed by atoms with Gasteiger partial charge in [0.05, 0.1) is 18.6 Å². The van der Waals surface area contributed by atoms with E-state index < -0.39 is 10.0 Å². The summed E-state index contributed by atoms with van der Waals surface area (Å²) in [4.78, 5) is 4.17. The number of aromatic nitrogens is 5. The van der Waals surface area contributed by atoms with Crippen LogP contribution in [0.15, 0.2) is 70.3 Å². The molecule has 0 saturated heterocycles. The van der Waals surface area contributed by atoms with Crippen molar-refractivity contribution in [2.75, 3.05) is 7.11 Å². The van der Waals surface area contributed by atoms with E-state index in [4.69, 9.17) is 9.88 Å². The standard InChI is InChI=1S/C20H17BrN6O3S/c1-30-15-8-5-13(6-9-15)12-27-20(24-25-26-27)19-16(14-7-10-18(21)23-11-14)3-2-4-17(19)31(22,28)29/h2-11H,12H2,1H3,(H2,22,28,29). The van der Waals surface area contributed by atoms with Crippen LogP contribution in [0.5, 0.6) is 5.75 Å². The minimum absolute atomic E-state index is 0.0706. The van der Waals surface area contributed by atoms with E-state index in [9.17, 15) is 8.42 Å². The third-order valence-corrected chi connectivity index (χ3v) is 6.04. The Kier molecular flexibility index (Phi) is 5.81. The fourth-order valence-corrected chi connectivity index (χ4v) is 4.16. The van der Waals surface area contributed by atoms with Gasteiger partial charge in [-0.05, 0) is 61.7 Å². The molecular formula is C20H17BrN6O3S.